The van der Waals surface area contributed by atoms with Crippen molar-refractivity contribution >= 4 is 98.4 Å². The molecule has 0 atom stereocenters. The fourth-order valence-corrected chi connectivity index (χ4v) is 12.9. The summed E-state index contributed by atoms with van der Waals surface area (Å²) in [5.41, 5.74) is 9.15. The summed E-state index contributed by atoms with van der Waals surface area (Å²) in [6.07, 6.45) is 0. The van der Waals surface area contributed by atoms with Crippen LogP contribution >= 0.6 is 0 Å². The molecule has 19 nitrogen and oxygen atoms in total. The first-order valence-electron chi connectivity index (χ1n) is 26.7. The van der Waals surface area contributed by atoms with Crippen LogP contribution in [0.4, 0.5) is 0 Å². The monoisotopic (exact) mass is 1230 g/mol. The summed E-state index contributed by atoms with van der Waals surface area (Å²) in [5, 5.41) is 4.82. The van der Waals surface area contributed by atoms with Crippen molar-refractivity contribution in [3.63, 3.8) is 0 Å². The standard InChI is InChI=1S/C64H34N16O3S.2Cu/c81-84(82,46-30-14-28-44-48(46)64-78-60-42-26-12-10-24-40(42)56(74-60)70-52-34-18-4-2-16-32(34)50(66-52)68-54-36-20-6-8-22-38(36)58(72-54)76-62(44)80-64)83-45-29-13-27-43-47(45)63-77-59-41-25-11-9-23-39(41)55(73-59)69-51-33-17-3-1-15-31(33)49(65-51)67-53-35-19-5-7-21-37(35)57(71-53)75-61(43)79-63;;/h1-30H,(H2,65,67,69,71,73,75,77,79)(H2,66,68,70,72,74,76,78,80);;. The average molecular weight is 1230 g/mol. The first-order chi connectivity index (χ1) is 41.3. The molecule has 4 aliphatic heterocycles. The van der Waals surface area contributed by atoms with Crippen molar-refractivity contribution in [2.75, 3.05) is 0 Å². The van der Waals surface area contributed by atoms with Gasteiger partial charge in [0.1, 0.15) is 50.1 Å². The van der Waals surface area contributed by atoms with Gasteiger partial charge in [-0.1, -0.05) is 170 Å². The number of hydrogen-bond acceptors (Lipinski definition) is 15. The quantitative estimate of drug-likeness (QED) is 0.0947. The van der Waals surface area contributed by atoms with Gasteiger partial charge in [-0.2, -0.15) is 8.42 Å². The molecule has 14 aromatic rings. The fourth-order valence-electron chi connectivity index (χ4n) is 11.8. The third-order valence-electron chi connectivity index (χ3n) is 15.6. The van der Waals surface area contributed by atoms with Gasteiger partial charge in [-0.05, 0) is 12.1 Å². The zero-order valence-corrected chi connectivity index (χ0v) is 46.6. The number of rotatable bonds is 3. The molecule has 0 amide bonds. The number of fused-ring (bicyclic) bond motifs is 40. The molecule has 0 spiro atoms. The second-order valence-corrected chi connectivity index (χ2v) is 21.9. The van der Waals surface area contributed by atoms with E-state index >= 15 is 8.42 Å². The molecule has 0 aliphatic carbocycles. The minimum absolute atomic E-state index is 0. The zero-order valence-electron chi connectivity index (χ0n) is 43.9. The summed E-state index contributed by atoms with van der Waals surface area (Å²) in [6.45, 7) is 0. The molecule has 2 radical (unpaired) electrons. The number of nitrogens with one attached hydrogen (secondary N) is 4. The third kappa shape index (κ3) is 7.75. The zero-order chi connectivity index (χ0) is 55.4. The molecule has 18 rings (SSSR count). The number of aromatic amines is 4. The van der Waals surface area contributed by atoms with Crippen molar-refractivity contribution in [2.24, 2.45) is 0 Å². The Morgan fingerprint density at radius 3 is 0.837 bits per heavy atom. The average Bonchev–Trinajstić information content (AvgIpc) is 2.60. The topological polar surface area (TPSA) is 261 Å². The predicted molar refractivity (Wildman–Crippen MR) is 320 cm³/mol. The Kier molecular flexibility index (Phi) is 11.3. The van der Waals surface area contributed by atoms with E-state index in [2.05, 4.69) is 19.9 Å². The number of nitrogens with zero attached hydrogens (tertiary/aromatic N) is 12. The molecule has 10 heterocycles. The van der Waals surface area contributed by atoms with Crippen LogP contribution in [0.2, 0.25) is 0 Å². The number of hydrogen-bond donors (Lipinski definition) is 4. The molecule has 4 N–H and O–H groups in total. The van der Waals surface area contributed by atoms with Gasteiger partial charge in [-0.25, -0.2) is 59.8 Å². The Labute approximate surface area is 505 Å². The maximum atomic E-state index is 15.6. The van der Waals surface area contributed by atoms with Gasteiger partial charge in [0, 0.05) is 111 Å². The van der Waals surface area contributed by atoms with Crippen molar-refractivity contribution in [1.29, 1.82) is 0 Å². The summed E-state index contributed by atoms with van der Waals surface area (Å²) >= 11 is 0. The number of aromatic nitrogens is 16. The first-order valence-corrected chi connectivity index (χ1v) is 28.1. The van der Waals surface area contributed by atoms with Gasteiger partial charge in [0.25, 0.3) is 0 Å². The molecule has 416 valence electrons. The van der Waals surface area contributed by atoms with E-state index in [9.17, 15) is 0 Å². The van der Waals surface area contributed by atoms with Gasteiger partial charge < -0.3 is 24.1 Å². The molecule has 0 fully saturated rings. The molecule has 4 aliphatic rings. The molecule has 16 bridgehead atoms. The number of benzene rings is 8. The second-order valence-electron chi connectivity index (χ2n) is 20.4. The molecular weight excluding hydrogens is 1200 g/mol. The normalized spacial score (nSPS) is 12.1. The first kappa shape index (κ1) is 51.0. The summed E-state index contributed by atoms with van der Waals surface area (Å²) in [4.78, 5) is 74.7. The Balaban J connectivity index is 0.00000300. The van der Waals surface area contributed by atoms with Crippen molar-refractivity contribution < 1.29 is 46.7 Å². The van der Waals surface area contributed by atoms with Crippen LogP contribution in [0.15, 0.2) is 187 Å². The van der Waals surface area contributed by atoms with Crippen LogP contribution in [0.1, 0.15) is 0 Å². The molecular formula is C64H34Cu2N16O3S. The maximum absolute atomic E-state index is 15.6. The molecule has 22 heteroatoms. The van der Waals surface area contributed by atoms with E-state index in [-0.39, 0.29) is 61.5 Å². The molecule has 6 aromatic heterocycles. The molecule has 86 heavy (non-hydrogen) atoms. The molecule has 0 unspecified atom stereocenters. The Morgan fingerprint density at radius 1 is 0.256 bits per heavy atom. The van der Waals surface area contributed by atoms with Gasteiger partial charge in [0.2, 0.25) is 0 Å². The van der Waals surface area contributed by atoms with Crippen LogP contribution in [0.5, 0.6) is 5.75 Å². The smallest absolute Gasteiger partial charge is 0.340 e. The van der Waals surface area contributed by atoms with E-state index in [1.54, 1.807) is 24.3 Å². The van der Waals surface area contributed by atoms with E-state index in [1.165, 1.54) is 6.07 Å². The largest absolute Gasteiger partial charge is 0.378 e. The SMILES string of the molecule is O=S(=O)(Oc1cccc2c3nc4nc(nc5[nH]c(nc6nc(nc([nH]3)c12)-c1ccccc1-6)c1ccccc51)-c1ccccc1-4)c1cccc2c3nc4nc(nc5[nH]c(nc6nc(nc([nH]3)c12)-c1ccccc1-6)c1ccccc51)-c1ccccc1-4.[Cu].[Cu]. The predicted octanol–water partition coefficient (Wildman–Crippen LogP) is 12.8. The minimum atomic E-state index is -4.80. The maximum Gasteiger partial charge on any atom is 0.340 e. The van der Waals surface area contributed by atoms with Crippen molar-refractivity contribution in [1.82, 2.24) is 79.7 Å². The van der Waals surface area contributed by atoms with Gasteiger partial charge in [-0.15, -0.1) is 0 Å². The second kappa shape index (κ2) is 19.2. The van der Waals surface area contributed by atoms with Crippen molar-refractivity contribution in [3.05, 3.63) is 182 Å². The Morgan fingerprint density at radius 2 is 0.500 bits per heavy atom. The summed E-state index contributed by atoms with van der Waals surface area (Å²) < 4.78 is 37.6. The Bertz CT molecular complexity index is 5800. The fraction of sp³-hybridized carbons (Fsp3) is 0. The van der Waals surface area contributed by atoms with Crippen LogP contribution in [0, 0.1) is 0 Å². The van der Waals surface area contributed by atoms with E-state index in [4.69, 9.17) is 64.0 Å². The van der Waals surface area contributed by atoms with Crippen LogP contribution in [0.25, 0.3) is 179 Å². The molecule has 8 aromatic carbocycles. The summed E-state index contributed by atoms with van der Waals surface area (Å²) in [6, 6.07) is 56.6. The molecule has 0 saturated carbocycles. The van der Waals surface area contributed by atoms with Gasteiger partial charge in [-0.3, -0.25) is 0 Å². The summed E-state index contributed by atoms with van der Waals surface area (Å²) in [7, 11) is -4.80. The van der Waals surface area contributed by atoms with E-state index in [0.29, 0.717) is 108 Å². The van der Waals surface area contributed by atoms with Gasteiger partial charge in [0.05, 0.1) is 10.8 Å². The van der Waals surface area contributed by atoms with E-state index in [0.717, 1.165) is 54.9 Å². The van der Waals surface area contributed by atoms with E-state index in [1.807, 2.05) is 152 Å². The van der Waals surface area contributed by atoms with Gasteiger partial charge >= 0.3 is 10.1 Å². The number of H-pyrrole nitrogens is 4. The van der Waals surface area contributed by atoms with E-state index < -0.39 is 10.1 Å². The summed E-state index contributed by atoms with van der Waals surface area (Å²) in [5.74, 6) is 3.02. The van der Waals surface area contributed by atoms with Crippen molar-refractivity contribution in [3.8, 4) is 96.9 Å². The van der Waals surface area contributed by atoms with Crippen molar-refractivity contribution in [2.45, 2.75) is 4.90 Å². The van der Waals surface area contributed by atoms with Crippen LogP contribution < -0.4 is 4.18 Å². The third-order valence-corrected chi connectivity index (χ3v) is 16.8. The minimum Gasteiger partial charge on any atom is -0.378 e. The van der Waals surface area contributed by atoms with Gasteiger partial charge in [0.15, 0.2) is 52.3 Å². The van der Waals surface area contributed by atoms with Crippen LogP contribution in [-0.2, 0) is 44.3 Å². The van der Waals surface area contributed by atoms with Crippen LogP contribution in [0.3, 0.4) is 0 Å². The Hall–Kier alpha value is -10.7. The molecule has 0 saturated heterocycles. The van der Waals surface area contributed by atoms with Crippen LogP contribution in [-0.4, -0.2) is 88.2 Å².